The maximum atomic E-state index is 13.3. The van der Waals surface area contributed by atoms with E-state index in [0.717, 1.165) is 27.7 Å². The van der Waals surface area contributed by atoms with Crippen molar-refractivity contribution in [3.63, 3.8) is 0 Å². The van der Waals surface area contributed by atoms with Gasteiger partial charge in [0.25, 0.3) is 0 Å². The Hall–Kier alpha value is -2.87. The van der Waals surface area contributed by atoms with E-state index in [4.69, 9.17) is 4.42 Å². The summed E-state index contributed by atoms with van der Waals surface area (Å²) in [6, 6.07) is 24.9. The van der Waals surface area contributed by atoms with E-state index in [9.17, 15) is 4.39 Å². The fourth-order valence-electron chi connectivity index (χ4n) is 3.07. The van der Waals surface area contributed by atoms with Crippen molar-refractivity contribution in [2.75, 3.05) is 0 Å². The molecule has 1 heterocycles. The van der Waals surface area contributed by atoms with Gasteiger partial charge in [0.15, 0.2) is 0 Å². The van der Waals surface area contributed by atoms with Crippen LogP contribution in [0.2, 0.25) is 0 Å². The first-order chi connectivity index (χ1) is 11.3. The minimum absolute atomic E-state index is 0.0143. The summed E-state index contributed by atoms with van der Waals surface area (Å²) in [5.41, 5.74) is 4.17. The molecule has 0 amide bonds. The standard InChI is InChI=1S/C21H15FO/c22-17-12-10-16(11-13-17)21(15-6-2-1-3-7-15)19-14-23-20-9-5-4-8-18(19)20/h1-14,21H. The fraction of sp³-hybridized carbons (Fsp3) is 0.0476. The normalized spacial score (nSPS) is 12.4. The molecule has 1 atom stereocenters. The summed E-state index contributed by atoms with van der Waals surface area (Å²) in [4.78, 5) is 0. The Morgan fingerprint density at radius 2 is 1.35 bits per heavy atom. The second kappa shape index (κ2) is 5.73. The summed E-state index contributed by atoms with van der Waals surface area (Å²) in [6.45, 7) is 0. The molecule has 4 rings (SSSR count). The van der Waals surface area contributed by atoms with E-state index in [1.165, 1.54) is 12.1 Å². The summed E-state index contributed by atoms with van der Waals surface area (Å²) < 4.78 is 19.1. The van der Waals surface area contributed by atoms with Gasteiger partial charge in [-0.3, -0.25) is 0 Å². The first-order valence-corrected chi connectivity index (χ1v) is 7.59. The van der Waals surface area contributed by atoms with Crippen molar-refractivity contribution in [3.8, 4) is 0 Å². The van der Waals surface area contributed by atoms with E-state index in [1.54, 1.807) is 0 Å². The number of furan rings is 1. The predicted molar refractivity (Wildman–Crippen MR) is 90.0 cm³/mol. The van der Waals surface area contributed by atoms with Gasteiger partial charge in [-0.25, -0.2) is 4.39 Å². The van der Waals surface area contributed by atoms with Gasteiger partial charge in [-0.15, -0.1) is 0 Å². The van der Waals surface area contributed by atoms with Gasteiger partial charge in [0.1, 0.15) is 11.4 Å². The van der Waals surface area contributed by atoms with E-state index in [-0.39, 0.29) is 11.7 Å². The molecule has 0 aliphatic heterocycles. The smallest absolute Gasteiger partial charge is 0.134 e. The Bertz CT molecular complexity index is 923. The average Bonchev–Trinajstić information content (AvgIpc) is 3.02. The Labute approximate surface area is 134 Å². The van der Waals surface area contributed by atoms with Crippen molar-refractivity contribution in [2.24, 2.45) is 0 Å². The van der Waals surface area contributed by atoms with Gasteiger partial charge in [-0.2, -0.15) is 0 Å². The van der Waals surface area contributed by atoms with Gasteiger partial charge in [0.05, 0.1) is 6.26 Å². The van der Waals surface area contributed by atoms with Crippen LogP contribution >= 0.6 is 0 Å². The van der Waals surface area contributed by atoms with Gasteiger partial charge >= 0.3 is 0 Å². The summed E-state index contributed by atoms with van der Waals surface area (Å²) in [7, 11) is 0. The highest BCUT2D eigenvalue weighted by Crippen LogP contribution is 2.37. The topological polar surface area (TPSA) is 13.1 Å². The molecule has 112 valence electrons. The number of hydrogen-bond donors (Lipinski definition) is 0. The Kier molecular flexibility index (Phi) is 3.43. The maximum absolute atomic E-state index is 13.3. The van der Waals surface area contributed by atoms with Crippen molar-refractivity contribution in [3.05, 3.63) is 108 Å². The van der Waals surface area contributed by atoms with Gasteiger partial charge in [-0.1, -0.05) is 60.7 Å². The van der Waals surface area contributed by atoms with Crippen molar-refractivity contribution >= 4 is 11.0 Å². The largest absolute Gasteiger partial charge is 0.464 e. The zero-order chi connectivity index (χ0) is 15.6. The third-order valence-electron chi connectivity index (χ3n) is 4.16. The molecule has 0 aliphatic rings. The average molecular weight is 302 g/mol. The second-order valence-corrected chi connectivity index (χ2v) is 5.58. The molecule has 1 aromatic heterocycles. The molecule has 4 aromatic rings. The van der Waals surface area contributed by atoms with Crippen molar-refractivity contribution in [1.29, 1.82) is 0 Å². The fourth-order valence-corrected chi connectivity index (χ4v) is 3.07. The summed E-state index contributed by atoms with van der Waals surface area (Å²) >= 11 is 0. The van der Waals surface area contributed by atoms with Crippen molar-refractivity contribution in [2.45, 2.75) is 5.92 Å². The molecule has 0 spiro atoms. The molecule has 1 nitrogen and oxygen atoms in total. The zero-order valence-electron chi connectivity index (χ0n) is 12.4. The van der Waals surface area contributed by atoms with Crippen LogP contribution in [0.25, 0.3) is 11.0 Å². The lowest BCUT2D eigenvalue weighted by Gasteiger charge is -2.17. The maximum Gasteiger partial charge on any atom is 0.134 e. The molecular formula is C21H15FO. The van der Waals surface area contributed by atoms with Crippen LogP contribution in [0, 0.1) is 5.82 Å². The molecule has 0 saturated carbocycles. The monoisotopic (exact) mass is 302 g/mol. The Morgan fingerprint density at radius 1 is 0.696 bits per heavy atom. The first kappa shape index (κ1) is 13.8. The highest BCUT2D eigenvalue weighted by atomic mass is 19.1. The third kappa shape index (κ3) is 2.53. The molecule has 0 N–H and O–H groups in total. The molecule has 0 fully saturated rings. The molecular weight excluding hydrogens is 287 g/mol. The Balaban J connectivity index is 1.94. The third-order valence-corrected chi connectivity index (χ3v) is 4.16. The molecule has 0 saturated heterocycles. The van der Waals surface area contributed by atoms with Crippen LogP contribution in [0.5, 0.6) is 0 Å². The van der Waals surface area contributed by atoms with Crippen LogP contribution in [0.15, 0.2) is 89.5 Å². The van der Waals surface area contributed by atoms with E-state index in [1.807, 2.05) is 54.8 Å². The lowest BCUT2D eigenvalue weighted by molar-refractivity contribution is 0.609. The van der Waals surface area contributed by atoms with Gasteiger partial charge in [-0.05, 0) is 29.3 Å². The van der Waals surface area contributed by atoms with Gasteiger partial charge in [0, 0.05) is 16.9 Å². The van der Waals surface area contributed by atoms with Gasteiger partial charge < -0.3 is 4.42 Å². The van der Waals surface area contributed by atoms with Crippen molar-refractivity contribution in [1.82, 2.24) is 0 Å². The molecule has 0 aliphatic carbocycles. The molecule has 0 radical (unpaired) electrons. The molecule has 23 heavy (non-hydrogen) atoms. The van der Waals surface area contributed by atoms with E-state index in [2.05, 4.69) is 18.2 Å². The van der Waals surface area contributed by atoms with Crippen LogP contribution in [0.3, 0.4) is 0 Å². The number of para-hydroxylation sites is 1. The zero-order valence-corrected chi connectivity index (χ0v) is 12.4. The van der Waals surface area contributed by atoms with Crippen LogP contribution in [0.1, 0.15) is 22.6 Å². The summed E-state index contributed by atoms with van der Waals surface area (Å²) in [5.74, 6) is -0.210. The quantitative estimate of drug-likeness (QED) is 0.469. The molecule has 1 unspecified atom stereocenters. The van der Waals surface area contributed by atoms with Crippen LogP contribution in [-0.2, 0) is 0 Å². The lowest BCUT2D eigenvalue weighted by Crippen LogP contribution is -2.02. The highest BCUT2D eigenvalue weighted by Gasteiger charge is 2.21. The number of fused-ring (bicyclic) bond motifs is 1. The predicted octanol–water partition coefficient (Wildman–Crippen LogP) is 5.75. The molecule has 2 heteroatoms. The number of hydrogen-bond acceptors (Lipinski definition) is 1. The minimum atomic E-state index is -0.224. The first-order valence-electron chi connectivity index (χ1n) is 7.59. The van der Waals surface area contributed by atoms with Crippen LogP contribution < -0.4 is 0 Å². The SMILES string of the molecule is Fc1ccc(C(c2ccccc2)c2coc3ccccc23)cc1. The van der Waals surface area contributed by atoms with E-state index >= 15 is 0 Å². The van der Waals surface area contributed by atoms with Gasteiger partial charge in [0.2, 0.25) is 0 Å². The van der Waals surface area contributed by atoms with E-state index in [0.29, 0.717) is 0 Å². The summed E-state index contributed by atoms with van der Waals surface area (Å²) in [5, 5.41) is 1.09. The van der Waals surface area contributed by atoms with Crippen molar-refractivity contribution < 1.29 is 8.81 Å². The highest BCUT2D eigenvalue weighted by molar-refractivity contribution is 5.82. The number of rotatable bonds is 3. The van der Waals surface area contributed by atoms with Crippen LogP contribution in [0.4, 0.5) is 4.39 Å². The molecule has 0 bridgehead atoms. The Morgan fingerprint density at radius 3 is 2.13 bits per heavy atom. The lowest BCUT2D eigenvalue weighted by atomic mass is 9.85. The van der Waals surface area contributed by atoms with Crippen LogP contribution in [-0.4, -0.2) is 0 Å². The molecule has 3 aromatic carbocycles. The number of benzene rings is 3. The second-order valence-electron chi connectivity index (χ2n) is 5.58. The minimum Gasteiger partial charge on any atom is -0.464 e. The number of halogens is 1. The van der Waals surface area contributed by atoms with E-state index < -0.39 is 0 Å². The summed E-state index contributed by atoms with van der Waals surface area (Å²) in [6.07, 6.45) is 1.81.